The fourth-order valence-electron chi connectivity index (χ4n) is 13.3. The summed E-state index contributed by atoms with van der Waals surface area (Å²) >= 11 is 0. The van der Waals surface area contributed by atoms with Crippen LogP contribution in [0.5, 0.6) is 0 Å². The molecule has 0 radical (unpaired) electrons. The normalized spacial score (nSPS) is 13.8. The second-order valence-electron chi connectivity index (χ2n) is 21.7. The second kappa shape index (κ2) is 16.2. The van der Waals surface area contributed by atoms with Crippen molar-refractivity contribution in [3.05, 3.63) is 271 Å². The van der Waals surface area contributed by atoms with Gasteiger partial charge >= 0.3 is 0 Å². The van der Waals surface area contributed by atoms with Gasteiger partial charge in [-0.15, -0.1) is 0 Å². The molecule has 0 fully saturated rings. The van der Waals surface area contributed by atoms with E-state index in [2.05, 4.69) is 290 Å². The van der Waals surface area contributed by atoms with E-state index in [-0.39, 0.29) is 10.8 Å². The van der Waals surface area contributed by atoms with Gasteiger partial charge in [0.05, 0.1) is 27.8 Å². The molecule has 0 unspecified atom stereocenters. The number of anilines is 3. The maximum Gasteiger partial charge on any atom is 0.0562 e. The topological polar surface area (TPSA) is 13.1 Å². The van der Waals surface area contributed by atoms with Crippen molar-refractivity contribution in [2.45, 2.75) is 38.5 Å². The van der Waals surface area contributed by atoms with Crippen molar-refractivity contribution in [2.75, 3.05) is 4.90 Å². The van der Waals surface area contributed by atoms with Gasteiger partial charge in [-0.05, 0) is 158 Å². The molecule has 75 heavy (non-hydrogen) atoms. The van der Waals surface area contributed by atoms with Crippen molar-refractivity contribution in [3.63, 3.8) is 0 Å². The summed E-state index contributed by atoms with van der Waals surface area (Å²) in [5, 5.41) is 4.94. The molecule has 2 aromatic heterocycles. The van der Waals surface area contributed by atoms with Crippen molar-refractivity contribution in [1.82, 2.24) is 9.13 Å². The van der Waals surface area contributed by atoms with Crippen molar-refractivity contribution >= 4 is 60.7 Å². The minimum atomic E-state index is -0.0995. The van der Waals surface area contributed by atoms with E-state index < -0.39 is 0 Å². The van der Waals surface area contributed by atoms with Crippen LogP contribution >= 0.6 is 0 Å². The van der Waals surface area contributed by atoms with E-state index >= 15 is 0 Å². The number of nitrogens with zero attached hydrogens (tertiary/aromatic N) is 3. The summed E-state index contributed by atoms with van der Waals surface area (Å²) < 4.78 is 4.87. The predicted molar refractivity (Wildman–Crippen MR) is 316 cm³/mol. The van der Waals surface area contributed by atoms with Gasteiger partial charge in [0.1, 0.15) is 0 Å². The smallest absolute Gasteiger partial charge is 0.0562 e. The average Bonchev–Trinajstić information content (AvgIpc) is 4.14. The molecule has 356 valence electrons. The lowest BCUT2D eigenvalue weighted by atomic mass is 9.82. The Hall–Kier alpha value is -9.18. The van der Waals surface area contributed by atoms with Gasteiger partial charge in [-0.3, -0.25) is 0 Å². The standard InChI is InChI=1S/C72H53N3/c1-71(2)61-28-15-12-24-55(61)69-53(26-17-29-62(69)71)47-35-40-52(41-36-47)73(66-31-18-32-67-70(66)56-25-13-16-30-64(56)74(67)49-19-7-5-8-20-49)51-38-33-46(34-39-51)48-37-42-65-58(43-48)59-44-57-54-23-11-14-27-60(54)72(3,4)63(57)45-68(59)75(65)50-21-9-6-10-22-50/h5-45H,1-4H3. The van der Waals surface area contributed by atoms with Crippen molar-refractivity contribution < 1.29 is 0 Å². The zero-order chi connectivity index (χ0) is 50.2. The third kappa shape index (κ3) is 6.34. The molecular weight excluding hydrogens is 907 g/mol. The molecule has 0 spiro atoms. The fourth-order valence-corrected chi connectivity index (χ4v) is 13.3. The van der Waals surface area contributed by atoms with Gasteiger partial charge in [-0.2, -0.15) is 0 Å². The van der Waals surface area contributed by atoms with Gasteiger partial charge in [0.2, 0.25) is 0 Å². The summed E-state index contributed by atoms with van der Waals surface area (Å²) in [6, 6.07) is 92.5. The van der Waals surface area contributed by atoms with Crippen molar-refractivity contribution in [1.29, 1.82) is 0 Å². The summed E-state index contributed by atoms with van der Waals surface area (Å²) in [6.45, 7) is 9.46. The third-order valence-corrected chi connectivity index (χ3v) is 16.9. The van der Waals surface area contributed by atoms with E-state index in [9.17, 15) is 0 Å². The number of hydrogen-bond donors (Lipinski definition) is 0. The van der Waals surface area contributed by atoms with Gasteiger partial charge in [0, 0.05) is 55.1 Å². The lowest BCUT2D eigenvalue weighted by molar-refractivity contribution is 0.660. The summed E-state index contributed by atoms with van der Waals surface area (Å²) in [5.74, 6) is 0. The largest absolute Gasteiger partial charge is 0.310 e. The number of para-hydroxylation sites is 3. The number of benzene rings is 11. The van der Waals surface area contributed by atoms with Gasteiger partial charge in [-0.1, -0.05) is 185 Å². The Kier molecular flexibility index (Phi) is 9.35. The van der Waals surface area contributed by atoms with Crippen LogP contribution in [0, 0.1) is 0 Å². The third-order valence-electron chi connectivity index (χ3n) is 16.9. The number of fused-ring (bicyclic) bond motifs is 12. The summed E-state index contributed by atoms with van der Waals surface area (Å²) in [5.41, 5.74) is 26.0. The first-order chi connectivity index (χ1) is 36.7. The fraction of sp³-hybridized carbons (Fsp3) is 0.0833. The van der Waals surface area contributed by atoms with Crippen LogP contribution in [-0.2, 0) is 10.8 Å². The first-order valence-corrected chi connectivity index (χ1v) is 26.3. The van der Waals surface area contributed by atoms with Crippen LogP contribution in [0.1, 0.15) is 49.9 Å². The Bertz CT molecular complexity index is 4440. The van der Waals surface area contributed by atoms with E-state index in [1.54, 1.807) is 0 Å². The van der Waals surface area contributed by atoms with Crippen LogP contribution in [0.25, 0.3) is 99.5 Å². The Morgan fingerprint density at radius 3 is 1.53 bits per heavy atom. The Labute approximate surface area is 437 Å². The first kappa shape index (κ1) is 43.4. The highest BCUT2D eigenvalue weighted by molar-refractivity contribution is 6.17. The van der Waals surface area contributed by atoms with Crippen LogP contribution in [0.15, 0.2) is 249 Å². The molecule has 2 heterocycles. The predicted octanol–water partition coefficient (Wildman–Crippen LogP) is 19.3. The van der Waals surface area contributed by atoms with E-state index in [0.29, 0.717) is 0 Å². The van der Waals surface area contributed by atoms with Crippen LogP contribution in [0.4, 0.5) is 17.1 Å². The minimum Gasteiger partial charge on any atom is -0.310 e. The molecule has 15 rings (SSSR count). The number of aromatic nitrogens is 2. The van der Waals surface area contributed by atoms with Crippen molar-refractivity contribution in [3.8, 4) is 55.9 Å². The molecule has 0 N–H and O–H groups in total. The zero-order valence-electron chi connectivity index (χ0n) is 42.5. The van der Waals surface area contributed by atoms with Crippen LogP contribution in [0.3, 0.4) is 0 Å². The van der Waals surface area contributed by atoms with Gasteiger partial charge in [0.15, 0.2) is 0 Å². The van der Waals surface area contributed by atoms with E-state index in [1.807, 2.05) is 0 Å². The molecule has 2 aliphatic rings. The van der Waals surface area contributed by atoms with Crippen LogP contribution < -0.4 is 4.90 Å². The molecule has 0 saturated heterocycles. The molecule has 0 atom stereocenters. The quantitative estimate of drug-likeness (QED) is 0.155. The molecule has 2 aliphatic carbocycles. The highest BCUT2D eigenvalue weighted by atomic mass is 15.1. The molecule has 0 saturated carbocycles. The monoisotopic (exact) mass is 959 g/mol. The average molecular weight is 960 g/mol. The Morgan fingerprint density at radius 1 is 0.307 bits per heavy atom. The van der Waals surface area contributed by atoms with E-state index in [0.717, 1.165) is 22.7 Å². The molecule has 11 aromatic carbocycles. The van der Waals surface area contributed by atoms with E-state index in [1.165, 1.54) is 116 Å². The second-order valence-corrected chi connectivity index (χ2v) is 21.7. The maximum absolute atomic E-state index is 2.47. The Balaban J connectivity index is 0.892. The SMILES string of the molecule is CC1(C)c2ccccc2-c2cc3c4cc(-c5ccc(N(c6ccc(-c7cccc8c7-c7ccccc7C8(C)C)cc6)c6cccc7c6c6ccccc6n7-c6ccccc6)cc5)ccc4n(-c4ccccc4)c3cc21. The molecule has 3 heteroatoms. The zero-order valence-corrected chi connectivity index (χ0v) is 42.5. The van der Waals surface area contributed by atoms with Gasteiger partial charge in [0.25, 0.3) is 0 Å². The highest BCUT2D eigenvalue weighted by Gasteiger charge is 2.38. The summed E-state index contributed by atoms with van der Waals surface area (Å²) in [6.07, 6.45) is 0. The summed E-state index contributed by atoms with van der Waals surface area (Å²) in [4.78, 5) is 2.46. The molecule has 3 nitrogen and oxygen atoms in total. The summed E-state index contributed by atoms with van der Waals surface area (Å²) in [7, 11) is 0. The lowest BCUT2D eigenvalue weighted by Gasteiger charge is -2.27. The van der Waals surface area contributed by atoms with Crippen LogP contribution in [-0.4, -0.2) is 9.13 Å². The van der Waals surface area contributed by atoms with E-state index in [4.69, 9.17) is 0 Å². The molecule has 0 aliphatic heterocycles. The number of rotatable bonds is 7. The highest BCUT2D eigenvalue weighted by Crippen LogP contribution is 2.54. The number of hydrogen-bond acceptors (Lipinski definition) is 1. The maximum atomic E-state index is 2.47. The van der Waals surface area contributed by atoms with Gasteiger partial charge in [-0.25, -0.2) is 0 Å². The minimum absolute atomic E-state index is 0.0698. The van der Waals surface area contributed by atoms with Gasteiger partial charge < -0.3 is 14.0 Å². The Morgan fingerprint density at radius 2 is 0.813 bits per heavy atom. The molecule has 0 bridgehead atoms. The molecular formula is C72H53N3. The molecule has 13 aromatic rings. The van der Waals surface area contributed by atoms with Crippen molar-refractivity contribution in [2.24, 2.45) is 0 Å². The first-order valence-electron chi connectivity index (χ1n) is 26.3. The molecule has 0 amide bonds. The lowest BCUT2D eigenvalue weighted by Crippen LogP contribution is -2.14. The van der Waals surface area contributed by atoms with Crippen LogP contribution in [0.2, 0.25) is 0 Å².